The van der Waals surface area contributed by atoms with Crippen molar-refractivity contribution in [2.24, 2.45) is 0 Å². The number of alkyl halides is 3. The Bertz CT molecular complexity index is 843. The number of likely N-dealkylation sites (tertiary alicyclic amines) is 1. The Morgan fingerprint density at radius 3 is 2.80 bits per heavy atom. The summed E-state index contributed by atoms with van der Waals surface area (Å²) in [5.74, 6) is 0.427. The minimum absolute atomic E-state index is 0.0973. The number of nitrogens with zero attached hydrogens (tertiary/aromatic N) is 6. The second kappa shape index (κ2) is 5.79. The van der Waals surface area contributed by atoms with Crippen LogP contribution in [0.25, 0.3) is 5.69 Å². The van der Waals surface area contributed by atoms with Gasteiger partial charge in [-0.05, 0) is 35.0 Å². The van der Waals surface area contributed by atoms with Crippen molar-refractivity contribution in [3.8, 4) is 11.8 Å². The number of morpholine rings is 1. The second-order valence-electron chi connectivity index (χ2n) is 6.16. The molecule has 0 spiro atoms. The number of hydrogen-bond acceptors (Lipinski definition) is 6. The number of benzene rings is 1. The normalized spacial score (nSPS) is 23.1. The van der Waals surface area contributed by atoms with Crippen LogP contribution < -0.4 is 0 Å². The Hall–Kier alpha value is -2.51. The fourth-order valence-corrected chi connectivity index (χ4v) is 3.32. The zero-order chi connectivity index (χ0) is 17.6. The van der Waals surface area contributed by atoms with Crippen LogP contribution in [0.3, 0.4) is 0 Å². The van der Waals surface area contributed by atoms with Gasteiger partial charge < -0.3 is 4.74 Å². The van der Waals surface area contributed by atoms with Gasteiger partial charge in [-0.1, -0.05) is 0 Å². The van der Waals surface area contributed by atoms with Crippen LogP contribution in [0.1, 0.15) is 23.4 Å². The van der Waals surface area contributed by atoms with Gasteiger partial charge in [0.1, 0.15) is 0 Å². The fourth-order valence-electron chi connectivity index (χ4n) is 3.32. The van der Waals surface area contributed by atoms with Crippen LogP contribution in [0.15, 0.2) is 18.2 Å². The lowest BCUT2D eigenvalue weighted by Gasteiger charge is -2.25. The quantitative estimate of drug-likeness (QED) is 0.835. The van der Waals surface area contributed by atoms with Crippen molar-refractivity contribution in [3.05, 3.63) is 35.2 Å². The molecule has 1 unspecified atom stereocenters. The minimum Gasteiger partial charge on any atom is -0.375 e. The van der Waals surface area contributed by atoms with Crippen molar-refractivity contribution < 1.29 is 17.9 Å². The number of tetrazole rings is 1. The highest BCUT2D eigenvalue weighted by Crippen LogP contribution is 2.32. The molecule has 7 nitrogen and oxygen atoms in total. The van der Waals surface area contributed by atoms with E-state index >= 15 is 0 Å². The lowest BCUT2D eigenvalue weighted by atomic mass is 10.1. The van der Waals surface area contributed by atoms with Crippen LogP contribution in [0.2, 0.25) is 0 Å². The maximum atomic E-state index is 13.1. The summed E-state index contributed by atoms with van der Waals surface area (Å²) in [5.41, 5.74) is -0.886. The van der Waals surface area contributed by atoms with E-state index in [1.807, 2.05) is 0 Å². The molecule has 2 aliphatic rings. The number of halogens is 3. The summed E-state index contributed by atoms with van der Waals surface area (Å²) in [5, 5.41) is 20.4. The highest BCUT2D eigenvalue weighted by Gasteiger charge is 2.39. The summed E-state index contributed by atoms with van der Waals surface area (Å²) >= 11 is 0. The Morgan fingerprint density at radius 1 is 1.32 bits per heavy atom. The summed E-state index contributed by atoms with van der Waals surface area (Å²) in [6.07, 6.45) is -3.40. The molecule has 4 rings (SSSR count). The van der Waals surface area contributed by atoms with E-state index in [-0.39, 0.29) is 23.4 Å². The molecule has 0 radical (unpaired) electrons. The van der Waals surface area contributed by atoms with Gasteiger partial charge in [0.15, 0.2) is 5.82 Å². The molecule has 2 fully saturated rings. The fraction of sp³-hybridized carbons (Fsp3) is 0.467. The zero-order valence-corrected chi connectivity index (χ0v) is 12.9. The van der Waals surface area contributed by atoms with E-state index in [0.717, 1.165) is 25.1 Å². The summed E-state index contributed by atoms with van der Waals surface area (Å²) < 4.78 is 46.0. The van der Waals surface area contributed by atoms with Crippen molar-refractivity contribution >= 4 is 0 Å². The van der Waals surface area contributed by atoms with Gasteiger partial charge in [-0.25, -0.2) is 0 Å². The van der Waals surface area contributed by atoms with Gasteiger partial charge in [0.05, 0.1) is 42.1 Å². The van der Waals surface area contributed by atoms with Crippen molar-refractivity contribution in [1.82, 2.24) is 25.1 Å². The molecule has 2 bridgehead atoms. The average Bonchev–Trinajstić information content (AvgIpc) is 3.30. The molecule has 0 N–H and O–H groups in total. The number of nitriles is 1. The van der Waals surface area contributed by atoms with Crippen LogP contribution >= 0.6 is 0 Å². The van der Waals surface area contributed by atoms with Gasteiger partial charge >= 0.3 is 6.18 Å². The predicted molar refractivity (Wildman–Crippen MR) is 77.4 cm³/mol. The average molecular weight is 350 g/mol. The van der Waals surface area contributed by atoms with Crippen LogP contribution in [-0.2, 0) is 17.5 Å². The Kier molecular flexibility index (Phi) is 3.70. The van der Waals surface area contributed by atoms with E-state index in [9.17, 15) is 13.2 Å². The molecule has 2 saturated heterocycles. The van der Waals surface area contributed by atoms with Crippen LogP contribution in [0.5, 0.6) is 0 Å². The molecule has 3 heterocycles. The van der Waals surface area contributed by atoms with Gasteiger partial charge in [0, 0.05) is 12.6 Å². The highest BCUT2D eigenvalue weighted by molar-refractivity contribution is 5.45. The number of rotatable bonds is 3. The first-order chi connectivity index (χ1) is 11.9. The SMILES string of the molecule is N#Cc1cc(-n2nnnc2CN2CC3C[C@H]2CO3)cc(C(F)(F)F)c1. The lowest BCUT2D eigenvalue weighted by Crippen LogP contribution is -2.37. The van der Waals surface area contributed by atoms with Gasteiger partial charge in [0.2, 0.25) is 0 Å². The maximum Gasteiger partial charge on any atom is 0.416 e. The summed E-state index contributed by atoms with van der Waals surface area (Å²) in [6, 6.07) is 5.13. The standard InChI is InChI=1S/C15H13F3N6O/c16-15(17,18)10-1-9(5-19)2-11(3-10)24-14(20-21-22-24)7-23-6-13-4-12(23)8-25-13/h1-3,12-13H,4,6-8H2/t12-,13?/m0/s1. The first-order valence-corrected chi connectivity index (χ1v) is 7.70. The molecule has 1 aromatic carbocycles. The Balaban J connectivity index is 1.67. The molecule has 25 heavy (non-hydrogen) atoms. The zero-order valence-electron chi connectivity index (χ0n) is 12.9. The number of aromatic nitrogens is 4. The Labute approximate surface area is 140 Å². The molecule has 10 heteroatoms. The van der Waals surface area contributed by atoms with Gasteiger partial charge in [-0.2, -0.15) is 23.1 Å². The molecule has 0 saturated carbocycles. The smallest absolute Gasteiger partial charge is 0.375 e. The monoisotopic (exact) mass is 350 g/mol. The summed E-state index contributed by atoms with van der Waals surface area (Å²) in [6.45, 7) is 1.81. The van der Waals surface area contributed by atoms with Crippen LogP contribution in [0.4, 0.5) is 13.2 Å². The predicted octanol–water partition coefficient (Wildman–Crippen LogP) is 1.53. The maximum absolute atomic E-state index is 13.1. The molecule has 2 atom stereocenters. The molecule has 0 amide bonds. The largest absolute Gasteiger partial charge is 0.416 e. The van der Waals surface area contributed by atoms with E-state index in [1.165, 1.54) is 10.7 Å². The second-order valence-corrected chi connectivity index (χ2v) is 6.16. The lowest BCUT2D eigenvalue weighted by molar-refractivity contribution is -0.137. The Morgan fingerprint density at radius 2 is 2.16 bits per heavy atom. The number of fused-ring (bicyclic) bond motifs is 2. The summed E-state index contributed by atoms with van der Waals surface area (Å²) in [7, 11) is 0. The molecule has 130 valence electrons. The number of hydrogen-bond donors (Lipinski definition) is 0. The number of ether oxygens (including phenoxy) is 1. The van der Waals surface area contributed by atoms with E-state index in [0.29, 0.717) is 19.0 Å². The van der Waals surface area contributed by atoms with Crippen molar-refractivity contribution in [1.29, 1.82) is 5.26 Å². The van der Waals surface area contributed by atoms with E-state index < -0.39 is 11.7 Å². The molecule has 2 aliphatic heterocycles. The molecule has 0 aliphatic carbocycles. The van der Waals surface area contributed by atoms with Crippen LogP contribution in [0, 0.1) is 11.3 Å². The van der Waals surface area contributed by atoms with E-state index in [2.05, 4.69) is 20.4 Å². The third-order valence-electron chi connectivity index (χ3n) is 4.51. The van der Waals surface area contributed by atoms with E-state index in [4.69, 9.17) is 10.00 Å². The third kappa shape index (κ3) is 2.96. The highest BCUT2D eigenvalue weighted by atomic mass is 19.4. The van der Waals surface area contributed by atoms with Crippen molar-refractivity contribution in [2.45, 2.75) is 31.3 Å². The van der Waals surface area contributed by atoms with Gasteiger partial charge in [-0.15, -0.1) is 5.10 Å². The van der Waals surface area contributed by atoms with Crippen molar-refractivity contribution in [3.63, 3.8) is 0 Å². The third-order valence-corrected chi connectivity index (χ3v) is 4.51. The van der Waals surface area contributed by atoms with Gasteiger partial charge in [0.25, 0.3) is 0 Å². The van der Waals surface area contributed by atoms with Crippen molar-refractivity contribution in [2.75, 3.05) is 13.2 Å². The molecule has 1 aromatic heterocycles. The molecule has 2 aromatic rings. The van der Waals surface area contributed by atoms with Crippen LogP contribution in [-0.4, -0.2) is 50.4 Å². The van der Waals surface area contributed by atoms with E-state index in [1.54, 1.807) is 6.07 Å². The molecular formula is C15H13F3N6O. The molecular weight excluding hydrogens is 337 g/mol. The first-order valence-electron chi connectivity index (χ1n) is 7.70. The minimum atomic E-state index is -4.55. The van der Waals surface area contributed by atoms with Gasteiger partial charge in [-0.3, -0.25) is 4.90 Å². The summed E-state index contributed by atoms with van der Waals surface area (Å²) in [4.78, 5) is 2.16. The first kappa shape index (κ1) is 16.0. The topological polar surface area (TPSA) is 79.9 Å².